The number of aromatic nitrogens is 4. The summed E-state index contributed by atoms with van der Waals surface area (Å²) in [7, 11) is 3.74. The molecule has 1 atom stereocenters. The Hall–Kier alpha value is -4.65. The summed E-state index contributed by atoms with van der Waals surface area (Å²) in [6.07, 6.45) is -1.54. The maximum Gasteiger partial charge on any atom is 0.416 e. The average Bonchev–Trinajstić information content (AvgIpc) is 3.43. The quantitative estimate of drug-likeness (QED) is 0.276. The fourth-order valence-corrected chi connectivity index (χ4v) is 4.73. The molecule has 1 amide bonds. The van der Waals surface area contributed by atoms with E-state index in [4.69, 9.17) is 0 Å². The molecule has 1 aliphatic rings. The third kappa shape index (κ3) is 6.30. The molecule has 3 heterocycles. The number of amides is 1. The van der Waals surface area contributed by atoms with Crippen molar-refractivity contribution in [3.8, 4) is 5.82 Å². The number of piperazine rings is 1. The lowest BCUT2D eigenvalue weighted by atomic mass is 10.1. The Balaban J connectivity index is 1.39. The number of benzene rings is 2. The van der Waals surface area contributed by atoms with Crippen molar-refractivity contribution in [2.45, 2.75) is 26.1 Å². The number of nitrogens with one attached hydrogen (secondary N) is 3. The van der Waals surface area contributed by atoms with Gasteiger partial charge in [0.05, 0.1) is 11.8 Å². The second-order valence-corrected chi connectivity index (χ2v) is 10.3. The van der Waals surface area contributed by atoms with Crippen LogP contribution in [0, 0.1) is 6.92 Å². The first-order valence-corrected chi connectivity index (χ1v) is 13.4. The maximum absolute atomic E-state index is 13.8. The Labute approximate surface area is 241 Å². The Kier molecular flexibility index (Phi) is 8.03. The zero-order valence-electron chi connectivity index (χ0n) is 23.7. The minimum Gasteiger partial charge on any atom is -0.373 e. The van der Waals surface area contributed by atoms with Gasteiger partial charge in [-0.25, -0.2) is 9.97 Å². The summed E-state index contributed by atoms with van der Waals surface area (Å²) < 4.78 is 43.1. The summed E-state index contributed by atoms with van der Waals surface area (Å²) in [5.74, 6) is 1.15. The molecule has 2 aromatic carbocycles. The fourth-order valence-electron chi connectivity index (χ4n) is 4.73. The number of nitrogens with zero attached hydrogens (tertiary/aromatic N) is 6. The van der Waals surface area contributed by atoms with Crippen molar-refractivity contribution in [2.24, 2.45) is 0 Å². The van der Waals surface area contributed by atoms with E-state index in [1.54, 1.807) is 42.2 Å². The highest BCUT2D eigenvalue weighted by Crippen LogP contribution is 2.34. The second kappa shape index (κ2) is 11.7. The Morgan fingerprint density at radius 3 is 2.60 bits per heavy atom. The van der Waals surface area contributed by atoms with Crippen LogP contribution < -0.4 is 20.9 Å². The molecule has 0 spiro atoms. The van der Waals surface area contributed by atoms with Crippen LogP contribution in [0.3, 0.4) is 0 Å². The van der Waals surface area contributed by atoms with E-state index in [1.807, 2.05) is 31.9 Å². The predicted molar refractivity (Wildman–Crippen MR) is 157 cm³/mol. The number of alkyl halides is 3. The molecule has 0 bridgehead atoms. The molecule has 0 saturated carbocycles. The largest absolute Gasteiger partial charge is 0.416 e. The van der Waals surface area contributed by atoms with Crippen molar-refractivity contribution in [1.29, 1.82) is 0 Å². The molecule has 4 aromatic rings. The molecule has 1 aliphatic heterocycles. The van der Waals surface area contributed by atoms with Gasteiger partial charge in [-0.1, -0.05) is 6.07 Å². The van der Waals surface area contributed by atoms with Crippen LogP contribution in [0.2, 0.25) is 0 Å². The molecule has 13 heteroatoms. The molecule has 0 radical (unpaired) electrons. The lowest BCUT2D eigenvalue weighted by molar-refractivity contribution is -0.137. The highest BCUT2D eigenvalue weighted by Gasteiger charge is 2.33. The highest BCUT2D eigenvalue weighted by molar-refractivity contribution is 6.05. The molecule has 1 fully saturated rings. The Morgan fingerprint density at radius 1 is 1.05 bits per heavy atom. The topological polar surface area (TPSA) is 103 Å². The van der Waals surface area contributed by atoms with E-state index in [-0.39, 0.29) is 11.6 Å². The molecule has 1 saturated heterocycles. The van der Waals surface area contributed by atoms with Crippen molar-refractivity contribution in [1.82, 2.24) is 24.6 Å². The average molecular weight is 580 g/mol. The smallest absolute Gasteiger partial charge is 0.373 e. The van der Waals surface area contributed by atoms with Crippen LogP contribution in [0.5, 0.6) is 0 Å². The van der Waals surface area contributed by atoms with Gasteiger partial charge < -0.3 is 25.8 Å². The molecule has 220 valence electrons. The monoisotopic (exact) mass is 579 g/mol. The number of aryl methyl sites for hydroxylation is 1. The van der Waals surface area contributed by atoms with E-state index in [9.17, 15) is 18.0 Å². The van der Waals surface area contributed by atoms with Crippen molar-refractivity contribution in [2.75, 3.05) is 54.6 Å². The number of hydrogen-bond donors (Lipinski definition) is 3. The van der Waals surface area contributed by atoms with Gasteiger partial charge in [0.2, 0.25) is 0 Å². The van der Waals surface area contributed by atoms with Crippen molar-refractivity contribution >= 4 is 34.6 Å². The summed E-state index contributed by atoms with van der Waals surface area (Å²) in [5.41, 5.74) is 1.43. The van der Waals surface area contributed by atoms with Crippen molar-refractivity contribution < 1.29 is 18.0 Å². The highest BCUT2D eigenvalue weighted by atomic mass is 19.4. The van der Waals surface area contributed by atoms with Gasteiger partial charge >= 0.3 is 6.18 Å². The molecule has 1 unspecified atom stereocenters. The lowest BCUT2D eigenvalue weighted by Gasteiger charge is -2.39. The number of anilines is 5. The maximum atomic E-state index is 13.8. The third-order valence-corrected chi connectivity index (χ3v) is 7.36. The van der Waals surface area contributed by atoms with E-state index in [0.717, 1.165) is 17.7 Å². The first kappa shape index (κ1) is 28.9. The van der Waals surface area contributed by atoms with E-state index < -0.39 is 17.6 Å². The van der Waals surface area contributed by atoms with E-state index in [0.29, 0.717) is 54.2 Å². The van der Waals surface area contributed by atoms with Crippen LogP contribution in [0.4, 0.5) is 41.9 Å². The Morgan fingerprint density at radius 2 is 1.86 bits per heavy atom. The van der Waals surface area contributed by atoms with Gasteiger partial charge in [-0.2, -0.15) is 23.0 Å². The van der Waals surface area contributed by atoms with Gasteiger partial charge in [0.1, 0.15) is 18.0 Å². The molecule has 3 N–H and O–H groups in total. The summed E-state index contributed by atoms with van der Waals surface area (Å²) in [4.78, 5) is 25.8. The number of hydrogen-bond acceptors (Lipinski definition) is 8. The summed E-state index contributed by atoms with van der Waals surface area (Å²) in [5, 5.41) is 13.4. The molecular formula is C29H32F3N9O. The van der Waals surface area contributed by atoms with Crippen LogP contribution in [0.15, 0.2) is 61.1 Å². The van der Waals surface area contributed by atoms with Crippen molar-refractivity contribution in [3.05, 3.63) is 77.7 Å². The van der Waals surface area contributed by atoms with Crippen LogP contribution in [0.25, 0.3) is 5.82 Å². The fraction of sp³-hybridized carbons (Fsp3) is 0.310. The predicted octanol–water partition coefficient (Wildman–Crippen LogP) is 5.17. The minimum atomic E-state index is -4.59. The van der Waals surface area contributed by atoms with Gasteiger partial charge in [0, 0.05) is 67.5 Å². The van der Waals surface area contributed by atoms with E-state index in [1.165, 1.54) is 12.4 Å². The number of likely N-dealkylation sites (N-methyl/N-ethyl adjacent to an activating group) is 1. The molecule has 5 rings (SSSR count). The van der Waals surface area contributed by atoms with Gasteiger partial charge in [0.25, 0.3) is 5.91 Å². The summed E-state index contributed by atoms with van der Waals surface area (Å²) >= 11 is 0. The van der Waals surface area contributed by atoms with Crippen LogP contribution in [-0.4, -0.2) is 70.3 Å². The van der Waals surface area contributed by atoms with Crippen LogP contribution in [0.1, 0.15) is 28.4 Å². The number of carbonyl (C=O) groups excluding carboxylic acids is 1. The molecule has 42 heavy (non-hydrogen) atoms. The van der Waals surface area contributed by atoms with Crippen LogP contribution >= 0.6 is 0 Å². The zero-order valence-corrected chi connectivity index (χ0v) is 23.7. The van der Waals surface area contributed by atoms with Gasteiger partial charge in [-0.05, 0) is 56.8 Å². The molecule has 0 aliphatic carbocycles. The SMILES string of the molecule is CNc1cc(-n2nccc2Nc2cc(NC(=O)c3cc(N4CCN(C)C(C)C4)cc(C(F)(F)F)c3)ccc2C)ncn1. The summed E-state index contributed by atoms with van der Waals surface area (Å²) in [6, 6.07) is 12.5. The second-order valence-electron chi connectivity index (χ2n) is 10.3. The normalized spacial score (nSPS) is 15.9. The van der Waals surface area contributed by atoms with Crippen LogP contribution in [-0.2, 0) is 6.18 Å². The van der Waals surface area contributed by atoms with E-state index >= 15 is 0 Å². The standard InChI is InChI=1S/C29H32F3N9O/c1-18-5-6-22(14-24(18)38-26-7-8-36-41(26)27-15-25(33-3)34-17-35-27)37-28(42)20-11-21(29(30,31)32)13-23(12-20)40-10-9-39(4)19(2)16-40/h5-8,11-15,17,19,38H,9-10,16H2,1-4H3,(H,37,42)(H,33,34,35). The first-order valence-electron chi connectivity index (χ1n) is 13.4. The van der Waals surface area contributed by atoms with Gasteiger partial charge in [0.15, 0.2) is 5.82 Å². The molecule has 10 nitrogen and oxygen atoms in total. The van der Waals surface area contributed by atoms with E-state index in [2.05, 4.69) is 35.9 Å². The minimum absolute atomic E-state index is 0.0661. The van der Waals surface area contributed by atoms with Crippen molar-refractivity contribution in [3.63, 3.8) is 0 Å². The first-order chi connectivity index (χ1) is 20.0. The number of carbonyl (C=O) groups is 1. The number of rotatable bonds is 7. The summed E-state index contributed by atoms with van der Waals surface area (Å²) in [6.45, 7) is 5.77. The molecular weight excluding hydrogens is 547 g/mol. The molecule has 2 aromatic heterocycles. The zero-order chi connectivity index (χ0) is 30.0. The lowest BCUT2D eigenvalue weighted by Crippen LogP contribution is -2.50. The van der Waals surface area contributed by atoms with Gasteiger partial charge in [-0.15, -0.1) is 0 Å². The third-order valence-electron chi connectivity index (χ3n) is 7.36. The van der Waals surface area contributed by atoms with Gasteiger partial charge in [-0.3, -0.25) is 4.79 Å². The number of halogens is 3. The Bertz CT molecular complexity index is 1590.